The van der Waals surface area contributed by atoms with Crippen molar-refractivity contribution >= 4 is 5.78 Å². The molecule has 0 saturated heterocycles. The Bertz CT molecular complexity index is 353. The maximum Gasteiger partial charge on any atom is 0.163 e. The van der Waals surface area contributed by atoms with Gasteiger partial charge in [-0.1, -0.05) is 25.0 Å². The minimum atomic E-state index is 0.237. The van der Waals surface area contributed by atoms with Gasteiger partial charge in [-0.15, -0.1) is 0 Å². The molecule has 1 aromatic carbocycles. The number of Topliss-reactive ketones (excluding diaryl/α,β-unsaturated/α-hetero) is 1. The molecular weight excluding hydrogens is 188 g/mol. The van der Waals surface area contributed by atoms with Crippen LogP contribution in [0.4, 0.5) is 0 Å². The maximum atomic E-state index is 11.8. The SMILES string of the molecule is COc1cccc(C(=O)CCC2CC2)c1. The van der Waals surface area contributed by atoms with E-state index in [9.17, 15) is 4.79 Å². The molecule has 0 bridgehead atoms. The van der Waals surface area contributed by atoms with Gasteiger partial charge in [0.25, 0.3) is 0 Å². The minimum absolute atomic E-state index is 0.237. The van der Waals surface area contributed by atoms with E-state index in [2.05, 4.69) is 0 Å². The van der Waals surface area contributed by atoms with E-state index in [1.165, 1.54) is 12.8 Å². The van der Waals surface area contributed by atoms with Crippen molar-refractivity contribution in [2.45, 2.75) is 25.7 Å². The van der Waals surface area contributed by atoms with E-state index < -0.39 is 0 Å². The second kappa shape index (κ2) is 4.47. The Labute approximate surface area is 90.3 Å². The quantitative estimate of drug-likeness (QED) is 0.689. The number of carbonyl (C=O) groups excluding carboxylic acids is 1. The lowest BCUT2D eigenvalue weighted by molar-refractivity contribution is 0.0977. The van der Waals surface area contributed by atoms with Crippen LogP contribution in [0.25, 0.3) is 0 Å². The molecule has 15 heavy (non-hydrogen) atoms. The average molecular weight is 204 g/mol. The number of ketones is 1. The van der Waals surface area contributed by atoms with E-state index in [0.29, 0.717) is 6.42 Å². The van der Waals surface area contributed by atoms with Crippen LogP contribution in [-0.2, 0) is 0 Å². The van der Waals surface area contributed by atoms with E-state index in [4.69, 9.17) is 4.74 Å². The van der Waals surface area contributed by atoms with Crippen molar-refractivity contribution in [3.05, 3.63) is 29.8 Å². The first kappa shape index (κ1) is 10.2. The number of carbonyl (C=O) groups is 1. The molecule has 0 heterocycles. The lowest BCUT2D eigenvalue weighted by atomic mass is 10.0. The number of rotatable bonds is 5. The van der Waals surface area contributed by atoms with Crippen molar-refractivity contribution in [3.8, 4) is 5.75 Å². The van der Waals surface area contributed by atoms with Gasteiger partial charge in [0.1, 0.15) is 5.75 Å². The summed E-state index contributed by atoms with van der Waals surface area (Å²) in [5, 5.41) is 0. The van der Waals surface area contributed by atoms with Crippen LogP contribution in [0.15, 0.2) is 24.3 Å². The van der Waals surface area contributed by atoms with Gasteiger partial charge in [0, 0.05) is 12.0 Å². The third kappa shape index (κ3) is 2.82. The van der Waals surface area contributed by atoms with Crippen molar-refractivity contribution in [2.24, 2.45) is 5.92 Å². The second-order valence-electron chi connectivity index (χ2n) is 4.14. The number of benzene rings is 1. The van der Waals surface area contributed by atoms with E-state index in [1.807, 2.05) is 24.3 Å². The monoisotopic (exact) mass is 204 g/mol. The van der Waals surface area contributed by atoms with Gasteiger partial charge in [0.05, 0.1) is 7.11 Å². The lowest BCUT2D eigenvalue weighted by Gasteiger charge is -2.03. The average Bonchev–Trinajstić information content (AvgIpc) is 3.10. The van der Waals surface area contributed by atoms with Gasteiger partial charge in [-0.2, -0.15) is 0 Å². The first-order chi connectivity index (χ1) is 7.29. The summed E-state index contributed by atoms with van der Waals surface area (Å²) < 4.78 is 5.09. The normalized spacial score (nSPS) is 15.0. The summed E-state index contributed by atoms with van der Waals surface area (Å²) in [7, 11) is 1.62. The van der Waals surface area contributed by atoms with Crippen molar-refractivity contribution in [2.75, 3.05) is 7.11 Å². The Kier molecular flexibility index (Phi) is 3.05. The van der Waals surface area contributed by atoms with Gasteiger partial charge in [0.2, 0.25) is 0 Å². The highest BCUT2D eigenvalue weighted by atomic mass is 16.5. The van der Waals surface area contributed by atoms with Crippen molar-refractivity contribution < 1.29 is 9.53 Å². The first-order valence-corrected chi connectivity index (χ1v) is 5.47. The molecule has 1 aliphatic carbocycles. The molecule has 0 N–H and O–H groups in total. The zero-order valence-electron chi connectivity index (χ0n) is 9.03. The number of hydrogen-bond donors (Lipinski definition) is 0. The van der Waals surface area contributed by atoms with Gasteiger partial charge in [-0.05, 0) is 24.5 Å². The van der Waals surface area contributed by atoms with Crippen LogP contribution in [0.1, 0.15) is 36.0 Å². The molecule has 2 heteroatoms. The fraction of sp³-hybridized carbons (Fsp3) is 0.462. The van der Waals surface area contributed by atoms with Gasteiger partial charge in [-0.25, -0.2) is 0 Å². The molecule has 0 atom stereocenters. The third-order valence-corrected chi connectivity index (χ3v) is 2.87. The summed E-state index contributed by atoms with van der Waals surface area (Å²) in [6.07, 6.45) is 4.35. The Hall–Kier alpha value is -1.31. The van der Waals surface area contributed by atoms with Crippen LogP contribution in [0.5, 0.6) is 5.75 Å². The molecule has 0 unspecified atom stereocenters. The first-order valence-electron chi connectivity index (χ1n) is 5.47. The predicted molar refractivity (Wildman–Crippen MR) is 59.3 cm³/mol. The van der Waals surface area contributed by atoms with E-state index in [1.54, 1.807) is 7.11 Å². The Morgan fingerprint density at radius 1 is 1.47 bits per heavy atom. The lowest BCUT2D eigenvalue weighted by Crippen LogP contribution is -1.99. The predicted octanol–water partition coefficient (Wildman–Crippen LogP) is 3.07. The van der Waals surface area contributed by atoms with Crippen LogP contribution in [0, 0.1) is 5.92 Å². The fourth-order valence-electron chi connectivity index (χ4n) is 1.68. The minimum Gasteiger partial charge on any atom is -0.497 e. The molecule has 0 aliphatic heterocycles. The molecular formula is C13H16O2. The number of hydrogen-bond acceptors (Lipinski definition) is 2. The number of methoxy groups -OCH3 is 1. The summed E-state index contributed by atoms with van der Waals surface area (Å²) in [6.45, 7) is 0. The van der Waals surface area contributed by atoms with Crippen LogP contribution in [0.3, 0.4) is 0 Å². The van der Waals surface area contributed by atoms with Gasteiger partial charge in [0.15, 0.2) is 5.78 Å². The molecule has 1 saturated carbocycles. The van der Waals surface area contributed by atoms with E-state index >= 15 is 0 Å². The van der Waals surface area contributed by atoms with E-state index in [0.717, 1.165) is 23.7 Å². The van der Waals surface area contributed by atoms with Crippen LogP contribution in [0.2, 0.25) is 0 Å². The molecule has 2 rings (SSSR count). The molecule has 1 aromatic rings. The molecule has 80 valence electrons. The van der Waals surface area contributed by atoms with Crippen molar-refractivity contribution in [1.29, 1.82) is 0 Å². The van der Waals surface area contributed by atoms with Crippen LogP contribution >= 0.6 is 0 Å². The molecule has 1 fully saturated rings. The van der Waals surface area contributed by atoms with Crippen molar-refractivity contribution in [3.63, 3.8) is 0 Å². The standard InChI is InChI=1S/C13H16O2/c1-15-12-4-2-3-11(9-12)13(14)8-7-10-5-6-10/h2-4,9-10H,5-8H2,1H3. The number of ether oxygens (including phenoxy) is 1. The maximum absolute atomic E-state index is 11.8. The topological polar surface area (TPSA) is 26.3 Å². The highest BCUT2D eigenvalue weighted by Gasteiger charge is 2.22. The summed E-state index contributed by atoms with van der Waals surface area (Å²) in [4.78, 5) is 11.8. The smallest absolute Gasteiger partial charge is 0.163 e. The van der Waals surface area contributed by atoms with Gasteiger partial charge < -0.3 is 4.74 Å². The zero-order chi connectivity index (χ0) is 10.7. The summed E-state index contributed by atoms with van der Waals surface area (Å²) in [5.74, 6) is 1.81. The fourth-order valence-corrected chi connectivity index (χ4v) is 1.68. The summed E-state index contributed by atoms with van der Waals surface area (Å²) in [6, 6.07) is 7.40. The Balaban J connectivity index is 1.96. The molecule has 0 radical (unpaired) electrons. The summed E-state index contributed by atoms with van der Waals surface area (Å²) >= 11 is 0. The Morgan fingerprint density at radius 2 is 2.27 bits per heavy atom. The molecule has 2 nitrogen and oxygen atoms in total. The van der Waals surface area contributed by atoms with Crippen LogP contribution < -0.4 is 4.74 Å². The summed E-state index contributed by atoms with van der Waals surface area (Å²) in [5.41, 5.74) is 0.773. The highest BCUT2D eigenvalue weighted by Crippen LogP contribution is 2.33. The molecule has 0 aromatic heterocycles. The van der Waals surface area contributed by atoms with Crippen molar-refractivity contribution in [1.82, 2.24) is 0 Å². The molecule has 0 amide bonds. The highest BCUT2D eigenvalue weighted by molar-refractivity contribution is 5.96. The zero-order valence-corrected chi connectivity index (χ0v) is 9.03. The van der Waals surface area contributed by atoms with E-state index in [-0.39, 0.29) is 5.78 Å². The largest absolute Gasteiger partial charge is 0.497 e. The van der Waals surface area contributed by atoms with Gasteiger partial charge in [-0.3, -0.25) is 4.79 Å². The molecule has 1 aliphatic rings. The van der Waals surface area contributed by atoms with Crippen LogP contribution in [-0.4, -0.2) is 12.9 Å². The second-order valence-corrected chi connectivity index (χ2v) is 4.14. The Morgan fingerprint density at radius 3 is 2.93 bits per heavy atom. The van der Waals surface area contributed by atoms with Gasteiger partial charge >= 0.3 is 0 Å². The third-order valence-electron chi connectivity index (χ3n) is 2.87. The molecule has 0 spiro atoms.